The first-order chi connectivity index (χ1) is 28.8. The fourth-order valence-corrected chi connectivity index (χ4v) is 12.0. The number of fused-ring (bicyclic) bond motifs is 7. The van der Waals surface area contributed by atoms with Gasteiger partial charge in [-0.05, 0) is 82.9 Å². The molecule has 0 saturated heterocycles. The van der Waals surface area contributed by atoms with Gasteiger partial charge in [-0.2, -0.15) is 0 Å². The van der Waals surface area contributed by atoms with Crippen LogP contribution in [0.4, 0.5) is 0 Å². The van der Waals surface area contributed by atoms with E-state index >= 15 is 0 Å². The molecule has 6 heterocycles. The Labute approximate surface area is 338 Å². The number of rotatable bonds is 4. The SMILES string of the molecule is c1ccc(-c2cc(-c3ccccc3)cc(-c3nc(-n4c5ccc6sc7ccc8c9ccccc9n9c%10cccc4c%10c5c6c7c89)nc4sc5ccccc5c34)c2)cc1. The summed E-state index contributed by atoms with van der Waals surface area (Å²) in [5, 5.41) is 10.0. The fraction of sp³-hybridized carbons (Fsp3) is 0. The third kappa shape index (κ3) is 4.02. The summed E-state index contributed by atoms with van der Waals surface area (Å²) in [6, 6.07) is 61.9. The van der Waals surface area contributed by atoms with Crippen LogP contribution in [0.3, 0.4) is 0 Å². The summed E-state index contributed by atoms with van der Waals surface area (Å²) in [6.07, 6.45) is 0. The first kappa shape index (κ1) is 31.0. The van der Waals surface area contributed by atoms with E-state index in [2.05, 4.69) is 179 Å². The Morgan fingerprint density at radius 2 is 1.00 bits per heavy atom. The number of nitrogens with zero attached hydrogens (tertiary/aromatic N) is 4. The molecule has 0 atom stereocenters. The van der Waals surface area contributed by atoms with Crippen LogP contribution in [-0.4, -0.2) is 18.9 Å². The fourth-order valence-electron chi connectivity index (χ4n) is 9.86. The van der Waals surface area contributed by atoms with E-state index in [-0.39, 0.29) is 0 Å². The molecule has 0 radical (unpaired) electrons. The zero-order valence-electron chi connectivity index (χ0n) is 30.8. The minimum atomic E-state index is 0.680. The highest BCUT2D eigenvalue weighted by molar-refractivity contribution is 7.26. The molecule has 0 aliphatic carbocycles. The number of hydrogen-bond donors (Lipinski definition) is 0. The number of thiophene rings is 2. The first-order valence-electron chi connectivity index (χ1n) is 19.6. The van der Waals surface area contributed by atoms with Crippen molar-refractivity contribution in [2.45, 2.75) is 0 Å². The Morgan fingerprint density at radius 1 is 0.362 bits per heavy atom. The standard InChI is InChI=1S/C52H28N4S2/c1-3-12-29(13-4-1)31-26-32(30-14-5-2-6-15-30)28-33(27-31)49-44-36-17-8-10-21-41(36)58-51(44)54-52(53-49)56-39-20-11-19-38-45(39)46-40(56)23-25-42-47(46)48-43(57-42)24-22-35-34-16-7-9-18-37(34)55(38)50(35)48/h1-28H. The zero-order chi connectivity index (χ0) is 37.6. The molecule has 6 aromatic heterocycles. The number of para-hydroxylation sites is 1. The lowest BCUT2D eigenvalue weighted by Crippen LogP contribution is -2.03. The Morgan fingerprint density at radius 3 is 1.81 bits per heavy atom. The van der Waals surface area contributed by atoms with Crippen molar-refractivity contribution >= 4 is 112 Å². The molecule has 0 aliphatic rings. The molecule has 0 fully saturated rings. The smallest absolute Gasteiger partial charge is 0.236 e. The average Bonchev–Trinajstić information content (AvgIpc) is 4.01. The third-order valence-electron chi connectivity index (χ3n) is 12.3. The van der Waals surface area contributed by atoms with Crippen LogP contribution in [0.5, 0.6) is 0 Å². The molecule has 0 aliphatic heterocycles. The molecule has 0 spiro atoms. The second kappa shape index (κ2) is 11.3. The van der Waals surface area contributed by atoms with Gasteiger partial charge in [0.15, 0.2) is 0 Å². The second-order valence-corrected chi connectivity index (χ2v) is 17.4. The minimum absolute atomic E-state index is 0.680. The Hall–Kier alpha value is -7.12. The Balaban J connectivity index is 1.14. The van der Waals surface area contributed by atoms with Gasteiger partial charge in [0.1, 0.15) is 4.83 Å². The third-order valence-corrected chi connectivity index (χ3v) is 14.4. The summed E-state index contributed by atoms with van der Waals surface area (Å²) >= 11 is 3.63. The van der Waals surface area contributed by atoms with Crippen LogP contribution in [0.15, 0.2) is 170 Å². The van der Waals surface area contributed by atoms with Crippen LogP contribution in [-0.2, 0) is 0 Å². The van der Waals surface area contributed by atoms with Gasteiger partial charge >= 0.3 is 0 Å². The molecule has 14 aromatic rings. The van der Waals surface area contributed by atoms with Crippen molar-refractivity contribution in [1.29, 1.82) is 0 Å². The monoisotopic (exact) mass is 772 g/mol. The lowest BCUT2D eigenvalue weighted by Gasteiger charge is -2.14. The molecule has 58 heavy (non-hydrogen) atoms. The van der Waals surface area contributed by atoms with Gasteiger partial charge in [0, 0.05) is 62.8 Å². The van der Waals surface area contributed by atoms with E-state index < -0.39 is 0 Å². The van der Waals surface area contributed by atoms with Crippen LogP contribution in [0.1, 0.15) is 0 Å². The highest BCUT2D eigenvalue weighted by atomic mass is 32.1. The predicted molar refractivity (Wildman–Crippen MR) is 247 cm³/mol. The molecule has 4 nitrogen and oxygen atoms in total. The van der Waals surface area contributed by atoms with Crippen molar-refractivity contribution < 1.29 is 0 Å². The number of aromatic nitrogens is 4. The number of hydrogen-bond acceptors (Lipinski definition) is 4. The van der Waals surface area contributed by atoms with Gasteiger partial charge in [0.2, 0.25) is 5.95 Å². The summed E-state index contributed by atoms with van der Waals surface area (Å²) in [5.41, 5.74) is 12.6. The van der Waals surface area contributed by atoms with Crippen LogP contribution in [0.2, 0.25) is 0 Å². The van der Waals surface area contributed by atoms with E-state index in [0.717, 1.165) is 43.6 Å². The summed E-state index contributed by atoms with van der Waals surface area (Å²) in [6.45, 7) is 0. The molecular weight excluding hydrogens is 745 g/mol. The number of benzene rings is 8. The molecule has 14 rings (SSSR count). The second-order valence-electron chi connectivity index (χ2n) is 15.3. The van der Waals surface area contributed by atoms with Gasteiger partial charge in [-0.1, -0.05) is 109 Å². The van der Waals surface area contributed by atoms with Crippen molar-refractivity contribution in [3.8, 4) is 39.5 Å². The molecule has 0 unspecified atom stereocenters. The maximum Gasteiger partial charge on any atom is 0.236 e. The lowest BCUT2D eigenvalue weighted by atomic mass is 9.94. The maximum absolute atomic E-state index is 5.71. The Kier molecular flexibility index (Phi) is 6.02. The highest BCUT2D eigenvalue weighted by Gasteiger charge is 2.27. The molecule has 6 heteroatoms. The minimum Gasteiger partial charge on any atom is -0.308 e. The molecule has 0 amide bonds. The van der Waals surface area contributed by atoms with Crippen LogP contribution in [0.25, 0.3) is 129 Å². The highest BCUT2D eigenvalue weighted by Crippen LogP contribution is 2.50. The molecule has 268 valence electrons. The van der Waals surface area contributed by atoms with Crippen molar-refractivity contribution in [3.05, 3.63) is 170 Å². The molecular formula is C52H28N4S2. The first-order valence-corrected chi connectivity index (χ1v) is 21.2. The Bertz CT molecular complexity index is 3900. The average molecular weight is 773 g/mol. The van der Waals surface area contributed by atoms with Gasteiger partial charge in [0.05, 0.1) is 33.3 Å². The van der Waals surface area contributed by atoms with Gasteiger partial charge < -0.3 is 4.40 Å². The van der Waals surface area contributed by atoms with Gasteiger partial charge in [-0.25, -0.2) is 9.97 Å². The van der Waals surface area contributed by atoms with Crippen molar-refractivity contribution in [3.63, 3.8) is 0 Å². The predicted octanol–water partition coefficient (Wildman–Crippen LogP) is 14.7. The molecule has 0 saturated carbocycles. The summed E-state index contributed by atoms with van der Waals surface area (Å²) in [7, 11) is 0. The molecule has 0 bridgehead atoms. The van der Waals surface area contributed by atoms with Crippen molar-refractivity contribution in [2.75, 3.05) is 0 Å². The largest absolute Gasteiger partial charge is 0.308 e. The van der Waals surface area contributed by atoms with E-state index in [1.54, 1.807) is 11.3 Å². The summed E-state index contributed by atoms with van der Waals surface area (Å²) in [4.78, 5) is 12.2. The van der Waals surface area contributed by atoms with Gasteiger partial charge in [0.25, 0.3) is 0 Å². The van der Waals surface area contributed by atoms with Crippen LogP contribution < -0.4 is 0 Å². The maximum atomic E-state index is 5.71. The van der Waals surface area contributed by atoms with E-state index in [0.29, 0.717) is 5.95 Å². The van der Waals surface area contributed by atoms with Gasteiger partial charge in [-0.15, -0.1) is 22.7 Å². The zero-order valence-corrected chi connectivity index (χ0v) is 32.4. The van der Waals surface area contributed by atoms with Crippen LogP contribution >= 0.6 is 22.7 Å². The lowest BCUT2D eigenvalue weighted by molar-refractivity contribution is 1.02. The van der Waals surface area contributed by atoms with Crippen LogP contribution in [0, 0.1) is 0 Å². The molecule has 8 aromatic carbocycles. The normalized spacial score (nSPS) is 12.5. The van der Waals surface area contributed by atoms with E-state index in [9.17, 15) is 0 Å². The summed E-state index contributed by atoms with van der Waals surface area (Å²) in [5.74, 6) is 0.680. The topological polar surface area (TPSA) is 35.1 Å². The van der Waals surface area contributed by atoms with Crippen molar-refractivity contribution in [1.82, 2.24) is 18.9 Å². The van der Waals surface area contributed by atoms with E-state index in [4.69, 9.17) is 9.97 Å². The molecule has 0 N–H and O–H groups in total. The summed E-state index contributed by atoms with van der Waals surface area (Å²) < 4.78 is 8.67. The van der Waals surface area contributed by atoms with Gasteiger partial charge in [-0.3, -0.25) is 4.57 Å². The van der Waals surface area contributed by atoms with Crippen molar-refractivity contribution in [2.24, 2.45) is 0 Å². The quantitative estimate of drug-likeness (QED) is 0.179. The van der Waals surface area contributed by atoms with E-state index in [1.807, 2.05) is 11.3 Å². The van der Waals surface area contributed by atoms with E-state index in [1.165, 1.54) is 79.5 Å².